The number of carbonyl (C=O) groups is 1. The fourth-order valence-corrected chi connectivity index (χ4v) is 5.39. The van der Waals surface area contributed by atoms with Crippen molar-refractivity contribution in [2.45, 2.75) is 43.5 Å². The van der Waals surface area contributed by atoms with E-state index in [1.165, 1.54) is 22.5 Å². The molecule has 1 aliphatic heterocycles. The average molecular weight is 451 g/mol. The van der Waals surface area contributed by atoms with Crippen molar-refractivity contribution in [2.75, 3.05) is 20.2 Å². The number of halogens is 1. The molecule has 0 aromatic heterocycles. The summed E-state index contributed by atoms with van der Waals surface area (Å²) in [6.45, 7) is 2.83. The predicted octanol–water partition coefficient (Wildman–Crippen LogP) is 4.40. The molecule has 0 bridgehead atoms. The van der Waals surface area contributed by atoms with Crippen LogP contribution in [0.3, 0.4) is 0 Å². The van der Waals surface area contributed by atoms with Gasteiger partial charge in [-0.05, 0) is 44.0 Å². The van der Waals surface area contributed by atoms with Crippen molar-refractivity contribution in [2.24, 2.45) is 0 Å². The summed E-state index contributed by atoms with van der Waals surface area (Å²) in [5.41, 5.74) is 0.951. The topological polar surface area (TPSA) is 75.7 Å². The quantitative estimate of drug-likeness (QED) is 0.707. The van der Waals surface area contributed by atoms with Gasteiger partial charge in [0.2, 0.25) is 10.0 Å². The second kappa shape index (κ2) is 9.81. The normalized spacial score (nSPS) is 16.5. The Balaban J connectivity index is 1.84. The first-order chi connectivity index (χ1) is 14.3. The third-order valence-electron chi connectivity index (χ3n) is 5.34. The minimum Gasteiger partial charge on any atom is -0.496 e. The average Bonchev–Trinajstić information content (AvgIpc) is 3.04. The zero-order valence-electron chi connectivity index (χ0n) is 17.2. The summed E-state index contributed by atoms with van der Waals surface area (Å²) in [6.07, 6.45) is 3.75. The van der Waals surface area contributed by atoms with Crippen molar-refractivity contribution < 1.29 is 17.9 Å². The number of para-hydroxylation sites is 1. The van der Waals surface area contributed by atoms with Crippen LogP contribution in [0.5, 0.6) is 5.75 Å². The van der Waals surface area contributed by atoms with E-state index >= 15 is 0 Å². The Morgan fingerprint density at radius 3 is 2.43 bits per heavy atom. The molecule has 1 saturated heterocycles. The highest BCUT2D eigenvalue weighted by atomic mass is 35.5. The highest BCUT2D eigenvalue weighted by molar-refractivity contribution is 7.89. The zero-order chi connectivity index (χ0) is 21.7. The number of hydrogen-bond donors (Lipinski definition) is 1. The summed E-state index contributed by atoms with van der Waals surface area (Å²) in [4.78, 5) is 13.0. The summed E-state index contributed by atoms with van der Waals surface area (Å²) >= 11 is 6.25. The largest absolute Gasteiger partial charge is 0.496 e. The first-order valence-corrected chi connectivity index (χ1v) is 11.9. The molecule has 0 saturated carbocycles. The van der Waals surface area contributed by atoms with Gasteiger partial charge in [-0.15, -0.1) is 0 Å². The minimum atomic E-state index is -3.67. The number of amides is 1. The smallest absolute Gasteiger partial charge is 0.253 e. The molecule has 162 valence electrons. The molecule has 1 heterocycles. The van der Waals surface area contributed by atoms with Crippen LogP contribution in [0.1, 0.15) is 54.6 Å². The van der Waals surface area contributed by atoms with Crippen LogP contribution in [0.4, 0.5) is 0 Å². The van der Waals surface area contributed by atoms with Crippen molar-refractivity contribution in [1.29, 1.82) is 0 Å². The van der Waals surface area contributed by atoms with Crippen LogP contribution in [-0.2, 0) is 10.0 Å². The molecular weight excluding hydrogens is 424 g/mol. The van der Waals surface area contributed by atoms with Gasteiger partial charge in [-0.3, -0.25) is 4.79 Å². The molecule has 30 heavy (non-hydrogen) atoms. The number of sulfonamides is 1. The number of rotatable bonds is 6. The number of ether oxygens (including phenoxy) is 1. The molecule has 0 radical (unpaired) electrons. The molecule has 8 heteroatoms. The van der Waals surface area contributed by atoms with Crippen LogP contribution < -0.4 is 10.1 Å². The van der Waals surface area contributed by atoms with Crippen LogP contribution in [0.2, 0.25) is 5.02 Å². The van der Waals surface area contributed by atoms with Crippen LogP contribution in [0.25, 0.3) is 0 Å². The number of carbonyl (C=O) groups excluding carboxylic acids is 1. The molecule has 1 N–H and O–H groups in total. The third kappa shape index (κ3) is 4.96. The maximum atomic E-state index is 13.1. The number of nitrogens with one attached hydrogen (secondary N) is 1. The molecule has 1 unspecified atom stereocenters. The number of methoxy groups -OCH3 is 1. The van der Waals surface area contributed by atoms with Crippen LogP contribution in [0, 0.1) is 0 Å². The predicted molar refractivity (Wildman–Crippen MR) is 118 cm³/mol. The Kier molecular flexibility index (Phi) is 7.39. The molecule has 1 atom stereocenters. The molecule has 1 aliphatic rings. The molecular formula is C22H27ClN2O4S. The lowest BCUT2D eigenvalue weighted by molar-refractivity contribution is 0.0939. The summed E-state index contributed by atoms with van der Waals surface area (Å²) in [5, 5.41) is 3.09. The molecule has 1 amide bonds. The van der Waals surface area contributed by atoms with E-state index < -0.39 is 15.9 Å². The molecule has 2 aromatic carbocycles. The zero-order valence-corrected chi connectivity index (χ0v) is 18.8. The first kappa shape index (κ1) is 22.6. The number of nitrogens with zero attached hydrogens (tertiary/aromatic N) is 1. The van der Waals surface area contributed by atoms with Gasteiger partial charge in [-0.1, -0.05) is 42.6 Å². The second-order valence-corrected chi connectivity index (χ2v) is 9.74. The van der Waals surface area contributed by atoms with Gasteiger partial charge in [0, 0.05) is 18.7 Å². The lowest BCUT2D eigenvalue weighted by atomic mass is 10.1. The van der Waals surface area contributed by atoms with E-state index in [-0.39, 0.29) is 21.5 Å². The standard InChI is InChI=1S/C22H27ClN2O4S/c1-16(18-9-5-6-10-21(18)29-2)24-22(26)19-15-17(11-12-20(19)23)30(27,28)25-13-7-3-4-8-14-25/h5-6,9-12,15-16H,3-4,7-8,13-14H2,1-2H3,(H,24,26). The SMILES string of the molecule is COc1ccccc1C(C)NC(=O)c1cc(S(=O)(=O)N2CCCCCC2)ccc1Cl. The Morgan fingerprint density at radius 2 is 1.77 bits per heavy atom. The highest BCUT2D eigenvalue weighted by Crippen LogP contribution is 2.27. The Bertz CT molecular complexity index is 1000. The summed E-state index contributed by atoms with van der Waals surface area (Å²) in [5.74, 6) is 0.222. The molecule has 3 rings (SSSR count). The first-order valence-electron chi connectivity index (χ1n) is 10.1. The van der Waals surface area contributed by atoms with E-state index in [0.717, 1.165) is 31.2 Å². The molecule has 2 aromatic rings. The van der Waals surface area contributed by atoms with Gasteiger partial charge < -0.3 is 10.1 Å². The van der Waals surface area contributed by atoms with Gasteiger partial charge in [0.1, 0.15) is 5.75 Å². The lowest BCUT2D eigenvalue weighted by Gasteiger charge is -2.21. The van der Waals surface area contributed by atoms with Crippen LogP contribution >= 0.6 is 11.6 Å². The van der Waals surface area contributed by atoms with Gasteiger partial charge in [0.15, 0.2) is 0 Å². The van der Waals surface area contributed by atoms with Crippen molar-refractivity contribution in [3.63, 3.8) is 0 Å². The van der Waals surface area contributed by atoms with Crippen molar-refractivity contribution in [1.82, 2.24) is 9.62 Å². The van der Waals surface area contributed by atoms with Gasteiger partial charge in [0.05, 0.1) is 28.6 Å². The van der Waals surface area contributed by atoms with Crippen molar-refractivity contribution in [3.05, 3.63) is 58.6 Å². The summed E-state index contributed by atoms with van der Waals surface area (Å²) < 4.78 is 33.0. The fraction of sp³-hybridized carbons (Fsp3) is 0.409. The molecule has 0 spiro atoms. The van der Waals surface area contributed by atoms with E-state index in [1.807, 2.05) is 31.2 Å². The summed E-state index contributed by atoms with van der Waals surface area (Å²) in [7, 11) is -2.10. The second-order valence-electron chi connectivity index (χ2n) is 7.40. The molecule has 6 nitrogen and oxygen atoms in total. The fourth-order valence-electron chi connectivity index (χ4n) is 3.65. The van der Waals surface area contributed by atoms with Gasteiger partial charge in [0.25, 0.3) is 5.91 Å². The van der Waals surface area contributed by atoms with E-state index in [2.05, 4.69) is 5.32 Å². The van der Waals surface area contributed by atoms with Gasteiger partial charge in [-0.25, -0.2) is 8.42 Å². The summed E-state index contributed by atoms with van der Waals surface area (Å²) in [6, 6.07) is 11.3. The van der Waals surface area contributed by atoms with Crippen LogP contribution in [-0.4, -0.2) is 38.8 Å². The van der Waals surface area contributed by atoms with E-state index in [9.17, 15) is 13.2 Å². The molecule has 1 fully saturated rings. The van der Waals surface area contributed by atoms with E-state index in [1.54, 1.807) is 7.11 Å². The highest BCUT2D eigenvalue weighted by Gasteiger charge is 2.27. The maximum absolute atomic E-state index is 13.1. The van der Waals surface area contributed by atoms with E-state index in [0.29, 0.717) is 18.8 Å². The van der Waals surface area contributed by atoms with Crippen molar-refractivity contribution >= 4 is 27.5 Å². The lowest BCUT2D eigenvalue weighted by Crippen LogP contribution is -2.32. The van der Waals surface area contributed by atoms with Crippen LogP contribution in [0.15, 0.2) is 47.4 Å². The third-order valence-corrected chi connectivity index (χ3v) is 7.56. The van der Waals surface area contributed by atoms with Gasteiger partial charge in [-0.2, -0.15) is 4.31 Å². The molecule has 0 aliphatic carbocycles. The number of benzene rings is 2. The van der Waals surface area contributed by atoms with Gasteiger partial charge >= 0.3 is 0 Å². The maximum Gasteiger partial charge on any atom is 0.253 e. The van der Waals surface area contributed by atoms with Crippen molar-refractivity contribution in [3.8, 4) is 5.75 Å². The monoisotopic (exact) mass is 450 g/mol. The number of hydrogen-bond acceptors (Lipinski definition) is 4. The Hall–Kier alpha value is -2.09. The van der Waals surface area contributed by atoms with E-state index in [4.69, 9.17) is 16.3 Å². The Labute approximate surface area is 183 Å². The minimum absolute atomic E-state index is 0.0869. The Morgan fingerprint density at radius 1 is 1.10 bits per heavy atom.